The molecule has 0 saturated heterocycles. The van der Waals surface area contributed by atoms with Crippen molar-refractivity contribution >= 4 is 46.3 Å². The zero-order chi connectivity index (χ0) is 16.9. The van der Waals surface area contributed by atoms with Crippen molar-refractivity contribution in [1.82, 2.24) is 9.97 Å². The van der Waals surface area contributed by atoms with Gasteiger partial charge in [-0.25, -0.2) is 4.98 Å². The first kappa shape index (κ1) is 16.1. The van der Waals surface area contributed by atoms with Gasteiger partial charge in [0.2, 0.25) is 5.95 Å². The Morgan fingerprint density at radius 1 is 0.917 bits per heavy atom. The number of para-hydroxylation sites is 1. The number of aromatic nitrogens is 2. The van der Waals surface area contributed by atoms with Crippen molar-refractivity contribution in [2.24, 2.45) is 0 Å². The van der Waals surface area contributed by atoms with Gasteiger partial charge in [0.15, 0.2) is 0 Å². The summed E-state index contributed by atoms with van der Waals surface area (Å²) in [5.41, 5.74) is 1.81. The van der Waals surface area contributed by atoms with E-state index < -0.39 is 0 Å². The van der Waals surface area contributed by atoms with Crippen LogP contribution in [0.3, 0.4) is 0 Å². The molecule has 0 aliphatic rings. The summed E-state index contributed by atoms with van der Waals surface area (Å²) in [7, 11) is 0. The predicted octanol–water partition coefficient (Wildman–Crippen LogP) is 5.14. The molecule has 0 radical (unpaired) electrons. The molecule has 24 heavy (non-hydrogen) atoms. The molecule has 3 aromatic rings. The first-order valence-corrected chi connectivity index (χ1v) is 7.73. The minimum atomic E-state index is 0.360. The lowest BCUT2D eigenvalue weighted by molar-refractivity contribution is 1.16. The van der Waals surface area contributed by atoms with Gasteiger partial charge in [0, 0.05) is 6.20 Å². The largest absolute Gasteiger partial charge is 0.339 e. The second-order valence-corrected chi connectivity index (χ2v) is 5.56. The standard InChI is InChI=1S/C17H11Cl2N5/c18-12-5-3-7-14(16(12)19)23-17-21-9-8-15(24-17)22-13-6-2-1-4-11(13)10-20/h1-9H,(H2,21,22,23,24). The van der Waals surface area contributed by atoms with Crippen LogP contribution in [-0.4, -0.2) is 9.97 Å². The van der Waals surface area contributed by atoms with Gasteiger partial charge in [0.1, 0.15) is 11.9 Å². The molecule has 1 heterocycles. The van der Waals surface area contributed by atoms with Crippen molar-refractivity contribution in [3.8, 4) is 6.07 Å². The minimum Gasteiger partial charge on any atom is -0.339 e. The summed E-state index contributed by atoms with van der Waals surface area (Å²) in [4.78, 5) is 8.53. The van der Waals surface area contributed by atoms with E-state index in [4.69, 9.17) is 28.5 Å². The van der Waals surface area contributed by atoms with Crippen molar-refractivity contribution in [3.05, 3.63) is 70.3 Å². The quantitative estimate of drug-likeness (QED) is 0.677. The van der Waals surface area contributed by atoms with Crippen LogP contribution in [0.4, 0.5) is 23.1 Å². The maximum absolute atomic E-state index is 9.14. The van der Waals surface area contributed by atoms with Crippen LogP contribution in [0.25, 0.3) is 0 Å². The fourth-order valence-corrected chi connectivity index (χ4v) is 2.38. The molecule has 0 spiro atoms. The molecule has 0 saturated carbocycles. The highest BCUT2D eigenvalue weighted by molar-refractivity contribution is 6.43. The molecule has 0 bridgehead atoms. The zero-order valence-corrected chi connectivity index (χ0v) is 13.8. The smallest absolute Gasteiger partial charge is 0.229 e. The maximum Gasteiger partial charge on any atom is 0.229 e. The number of nitriles is 1. The second-order valence-electron chi connectivity index (χ2n) is 4.77. The fourth-order valence-electron chi connectivity index (χ4n) is 2.04. The molecular weight excluding hydrogens is 345 g/mol. The van der Waals surface area contributed by atoms with Crippen molar-refractivity contribution in [2.45, 2.75) is 0 Å². The predicted molar refractivity (Wildman–Crippen MR) is 96.2 cm³/mol. The molecule has 2 aromatic carbocycles. The summed E-state index contributed by atoms with van der Waals surface area (Å²) >= 11 is 12.1. The molecule has 7 heteroatoms. The highest BCUT2D eigenvalue weighted by Crippen LogP contribution is 2.31. The Labute approximate surface area is 148 Å². The molecule has 2 N–H and O–H groups in total. The first-order chi connectivity index (χ1) is 11.7. The van der Waals surface area contributed by atoms with Gasteiger partial charge in [-0.2, -0.15) is 10.2 Å². The van der Waals surface area contributed by atoms with Crippen LogP contribution in [0.1, 0.15) is 5.56 Å². The van der Waals surface area contributed by atoms with Gasteiger partial charge in [-0.3, -0.25) is 0 Å². The Morgan fingerprint density at radius 3 is 2.54 bits per heavy atom. The Bertz CT molecular complexity index is 921. The van der Waals surface area contributed by atoms with Crippen LogP contribution in [0, 0.1) is 11.3 Å². The lowest BCUT2D eigenvalue weighted by Gasteiger charge is -2.10. The van der Waals surface area contributed by atoms with Crippen molar-refractivity contribution in [1.29, 1.82) is 5.26 Å². The van der Waals surface area contributed by atoms with Crippen LogP contribution in [0.2, 0.25) is 10.0 Å². The van der Waals surface area contributed by atoms with Crippen molar-refractivity contribution in [3.63, 3.8) is 0 Å². The zero-order valence-electron chi connectivity index (χ0n) is 12.3. The molecule has 0 amide bonds. The van der Waals surface area contributed by atoms with E-state index in [1.807, 2.05) is 12.1 Å². The minimum absolute atomic E-state index is 0.360. The van der Waals surface area contributed by atoms with Crippen LogP contribution in [0.15, 0.2) is 54.7 Å². The molecule has 0 fully saturated rings. The maximum atomic E-state index is 9.14. The van der Waals surface area contributed by atoms with Crippen LogP contribution in [0.5, 0.6) is 0 Å². The summed E-state index contributed by atoms with van der Waals surface area (Å²) < 4.78 is 0. The number of nitrogens with one attached hydrogen (secondary N) is 2. The number of halogens is 2. The molecule has 0 aliphatic carbocycles. The molecule has 3 rings (SSSR count). The van der Waals surface area contributed by atoms with Gasteiger partial charge < -0.3 is 10.6 Å². The van der Waals surface area contributed by atoms with Gasteiger partial charge in [-0.15, -0.1) is 0 Å². The topological polar surface area (TPSA) is 73.6 Å². The Balaban J connectivity index is 1.84. The van der Waals surface area contributed by atoms with Crippen molar-refractivity contribution < 1.29 is 0 Å². The summed E-state index contributed by atoms with van der Waals surface area (Å²) in [5.74, 6) is 0.909. The first-order valence-electron chi connectivity index (χ1n) is 6.97. The average molecular weight is 356 g/mol. The van der Waals surface area contributed by atoms with E-state index in [0.717, 1.165) is 0 Å². The lowest BCUT2D eigenvalue weighted by atomic mass is 10.2. The number of nitrogens with zero attached hydrogens (tertiary/aromatic N) is 3. The van der Waals surface area contributed by atoms with E-state index in [-0.39, 0.29) is 0 Å². The SMILES string of the molecule is N#Cc1ccccc1Nc1ccnc(Nc2cccc(Cl)c2Cl)n1. The third kappa shape index (κ3) is 3.57. The van der Waals surface area contributed by atoms with Gasteiger partial charge in [-0.05, 0) is 30.3 Å². The molecule has 1 aromatic heterocycles. The molecule has 0 unspecified atom stereocenters. The van der Waals surface area contributed by atoms with E-state index >= 15 is 0 Å². The fraction of sp³-hybridized carbons (Fsp3) is 0. The lowest BCUT2D eigenvalue weighted by Crippen LogP contribution is -2.01. The third-order valence-corrected chi connectivity index (χ3v) is 3.98. The molecule has 0 aliphatic heterocycles. The van der Waals surface area contributed by atoms with E-state index in [1.165, 1.54) is 0 Å². The molecule has 0 atom stereocenters. The van der Waals surface area contributed by atoms with E-state index in [2.05, 4.69) is 26.7 Å². The summed E-state index contributed by atoms with van der Waals surface area (Å²) in [5, 5.41) is 16.1. The molecule has 118 valence electrons. The number of hydrogen-bond acceptors (Lipinski definition) is 5. The Kier molecular flexibility index (Phi) is 4.80. The summed E-state index contributed by atoms with van der Waals surface area (Å²) in [6.07, 6.45) is 1.60. The number of hydrogen-bond donors (Lipinski definition) is 2. The van der Waals surface area contributed by atoms with Crippen molar-refractivity contribution in [2.75, 3.05) is 10.6 Å². The van der Waals surface area contributed by atoms with Gasteiger partial charge in [-0.1, -0.05) is 41.4 Å². The number of rotatable bonds is 4. The van der Waals surface area contributed by atoms with E-state index in [0.29, 0.717) is 38.7 Å². The Morgan fingerprint density at radius 2 is 1.71 bits per heavy atom. The van der Waals surface area contributed by atoms with Crippen LogP contribution in [-0.2, 0) is 0 Å². The molecule has 5 nitrogen and oxygen atoms in total. The molecular formula is C17H11Cl2N5. The average Bonchev–Trinajstić information content (AvgIpc) is 2.60. The van der Waals surface area contributed by atoms with E-state index in [1.54, 1.807) is 42.6 Å². The summed E-state index contributed by atoms with van der Waals surface area (Å²) in [6, 6.07) is 16.3. The van der Waals surface area contributed by atoms with Gasteiger partial charge in [0.05, 0.1) is 27.0 Å². The van der Waals surface area contributed by atoms with Gasteiger partial charge in [0.25, 0.3) is 0 Å². The second kappa shape index (κ2) is 7.18. The van der Waals surface area contributed by atoms with E-state index in [9.17, 15) is 0 Å². The van der Waals surface area contributed by atoms with Crippen LogP contribution < -0.4 is 10.6 Å². The summed E-state index contributed by atoms with van der Waals surface area (Å²) in [6.45, 7) is 0. The van der Waals surface area contributed by atoms with Crippen LogP contribution >= 0.6 is 23.2 Å². The number of anilines is 4. The number of benzene rings is 2. The monoisotopic (exact) mass is 355 g/mol. The third-order valence-electron chi connectivity index (χ3n) is 3.16. The highest BCUT2D eigenvalue weighted by Gasteiger charge is 2.07. The van der Waals surface area contributed by atoms with Gasteiger partial charge >= 0.3 is 0 Å². The Hall–Kier alpha value is -2.81. The normalized spacial score (nSPS) is 10.0. The highest BCUT2D eigenvalue weighted by atomic mass is 35.5.